The summed E-state index contributed by atoms with van der Waals surface area (Å²) >= 11 is 0. The van der Waals surface area contributed by atoms with E-state index in [2.05, 4.69) is 10.1 Å². The fourth-order valence-electron chi connectivity index (χ4n) is 4.28. The van der Waals surface area contributed by atoms with Crippen LogP contribution < -0.4 is 14.2 Å². The number of aliphatic carboxylic acids is 1. The van der Waals surface area contributed by atoms with Gasteiger partial charge in [0.2, 0.25) is 11.8 Å². The molecule has 0 aliphatic carbocycles. The number of para-hydroxylation sites is 1. The summed E-state index contributed by atoms with van der Waals surface area (Å²) in [6.07, 6.45) is 2.26. The molecule has 0 bridgehead atoms. The van der Waals surface area contributed by atoms with Crippen molar-refractivity contribution < 1.29 is 33.3 Å². The Labute approximate surface area is 242 Å². The normalized spacial score (nSPS) is 10.8. The summed E-state index contributed by atoms with van der Waals surface area (Å²) in [6, 6.07) is 22.0. The third-order valence-electron chi connectivity index (χ3n) is 6.32. The van der Waals surface area contributed by atoms with Gasteiger partial charge in [0.15, 0.2) is 17.8 Å². The van der Waals surface area contributed by atoms with Crippen molar-refractivity contribution in [2.45, 2.75) is 33.5 Å². The summed E-state index contributed by atoms with van der Waals surface area (Å²) in [5.74, 6) is 1.37. The number of carboxylic acid groups (broad SMARTS) is 1. The summed E-state index contributed by atoms with van der Waals surface area (Å²) in [4.78, 5) is 27.3. The number of carbonyl (C=O) groups is 2. The van der Waals surface area contributed by atoms with Crippen LogP contribution in [0, 0.1) is 6.92 Å². The van der Waals surface area contributed by atoms with Gasteiger partial charge in [0, 0.05) is 11.8 Å². The smallest absolute Gasteiger partial charge is 0.307 e. The van der Waals surface area contributed by atoms with E-state index in [0.29, 0.717) is 58.4 Å². The minimum Gasteiger partial charge on any atom is -0.490 e. The second-order valence-corrected chi connectivity index (χ2v) is 9.37. The van der Waals surface area contributed by atoms with Crippen LogP contribution in [0.2, 0.25) is 0 Å². The Hall–Kier alpha value is -5.38. The molecule has 0 saturated heterocycles. The predicted octanol–water partition coefficient (Wildman–Crippen LogP) is 5.83. The minimum absolute atomic E-state index is 0.0834. The van der Waals surface area contributed by atoms with E-state index in [9.17, 15) is 9.59 Å². The fourth-order valence-corrected chi connectivity index (χ4v) is 4.28. The van der Waals surface area contributed by atoms with Crippen molar-refractivity contribution in [3.8, 4) is 34.5 Å². The van der Waals surface area contributed by atoms with E-state index in [-0.39, 0.29) is 25.5 Å². The highest BCUT2D eigenvalue weighted by Crippen LogP contribution is 2.31. The zero-order chi connectivity index (χ0) is 29.5. The lowest BCUT2D eigenvalue weighted by atomic mass is 10.1. The van der Waals surface area contributed by atoms with Gasteiger partial charge in [-0.1, -0.05) is 36.4 Å². The number of carboxylic acids is 1. The zero-order valence-electron chi connectivity index (χ0n) is 23.1. The van der Waals surface area contributed by atoms with Crippen molar-refractivity contribution in [3.63, 3.8) is 0 Å². The van der Waals surface area contributed by atoms with Gasteiger partial charge in [-0.3, -0.25) is 9.59 Å². The highest BCUT2D eigenvalue weighted by Gasteiger charge is 2.16. The molecule has 0 atom stereocenters. The van der Waals surface area contributed by atoms with Crippen LogP contribution in [0.4, 0.5) is 0 Å². The minimum atomic E-state index is -0.906. The van der Waals surface area contributed by atoms with Crippen molar-refractivity contribution in [1.29, 1.82) is 0 Å². The Balaban J connectivity index is 1.27. The number of hydrogen-bond acceptors (Lipinski definition) is 8. The van der Waals surface area contributed by atoms with Gasteiger partial charge >= 0.3 is 5.97 Å². The van der Waals surface area contributed by atoms with Gasteiger partial charge in [0.25, 0.3) is 0 Å². The molecule has 5 aromatic rings. The maximum Gasteiger partial charge on any atom is 0.307 e. The van der Waals surface area contributed by atoms with Crippen LogP contribution in [-0.4, -0.2) is 38.7 Å². The second kappa shape index (κ2) is 12.9. The molecule has 10 nitrogen and oxygen atoms in total. The van der Waals surface area contributed by atoms with Gasteiger partial charge < -0.3 is 23.7 Å². The molecule has 0 unspecified atom stereocenters. The molecule has 1 N–H and O–H groups in total. The molecule has 0 aliphatic rings. The number of hydrogen-bond donors (Lipinski definition) is 1. The first-order valence-electron chi connectivity index (χ1n) is 13.3. The van der Waals surface area contributed by atoms with Crippen molar-refractivity contribution >= 4 is 12.3 Å². The van der Waals surface area contributed by atoms with Gasteiger partial charge in [0.05, 0.1) is 24.3 Å². The Bertz CT molecular complexity index is 1690. The van der Waals surface area contributed by atoms with Crippen LogP contribution in [0.5, 0.6) is 17.4 Å². The molecule has 5 rings (SSSR count). The Morgan fingerprint density at radius 1 is 0.952 bits per heavy atom. The third kappa shape index (κ3) is 6.67. The van der Waals surface area contributed by atoms with Crippen LogP contribution in [0.15, 0.2) is 83.4 Å². The van der Waals surface area contributed by atoms with Gasteiger partial charge in [-0.05, 0) is 61.4 Å². The van der Waals surface area contributed by atoms with Crippen LogP contribution in [0.1, 0.15) is 39.9 Å². The second-order valence-electron chi connectivity index (χ2n) is 9.37. The number of ether oxygens (including phenoxy) is 3. The zero-order valence-corrected chi connectivity index (χ0v) is 23.1. The van der Waals surface area contributed by atoms with E-state index in [1.807, 2.05) is 55.5 Å². The maximum atomic E-state index is 11.6. The molecule has 2 aromatic heterocycles. The van der Waals surface area contributed by atoms with Gasteiger partial charge in [-0.2, -0.15) is 0 Å². The molecule has 0 fully saturated rings. The van der Waals surface area contributed by atoms with E-state index in [1.54, 1.807) is 42.1 Å². The molecule has 3 aromatic carbocycles. The quantitative estimate of drug-likeness (QED) is 0.175. The molecule has 0 spiro atoms. The van der Waals surface area contributed by atoms with E-state index < -0.39 is 5.97 Å². The number of oxazole rings is 1. The van der Waals surface area contributed by atoms with Crippen molar-refractivity contribution in [1.82, 2.24) is 14.8 Å². The Morgan fingerprint density at radius 3 is 2.55 bits per heavy atom. The lowest BCUT2D eigenvalue weighted by Gasteiger charge is -2.13. The Kier molecular flexibility index (Phi) is 8.62. The largest absolute Gasteiger partial charge is 0.490 e. The van der Waals surface area contributed by atoms with Gasteiger partial charge in [-0.15, -0.1) is 5.10 Å². The first-order chi connectivity index (χ1) is 20.4. The molecule has 10 heteroatoms. The van der Waals surface area contributed by atoms with Gasteiger partial charge in [0.1, 0.15) is 24.7 Å². The van der Waals surface area contributed by atoms with Crippen LogP contribution >= 0.6 is 0 Å². The number of benzene rings is 3. The van der Waals surface area contributed by atoms with E-state index in [4.69, 9.17) is 23.7 Å². The molecule has 0 radical (unpaired) electrons. The summed E-state index contributed by atoms with van der Waals surface area (Å²) < 4.78 is 25.2. The van der Waals surface area contributed by atoms with E-state index in [1.165, 1.54) is 0 Å². The topological polar surface area (TPSA) is 126 Å². The highest BCUT2D eigenvalue weighted by atomic mass is 16.5. The molecule has 0 saturated carbocycles. The Morgan fingerprint density at radius 2 is 1.79 bits per heavy atom. The number of aromatic nitrogens is 3. The van der Waals surface area contributed by atoms with Crippen LogP contribution in [0.25, 0.3) is 17.1 Å². The molecule has 0 amide bonds. The monoisotopic (exact) mass is 567 g/mol. The third-order valence-corrected chi connectivity index (χ3v) is 6.32. The van der Waals surface area contributed by atoms with E-state index >= 15 is 0 Å². The lowest BCUT2D eigenvalue weighted by molar-refractivity contribution is -0.136. The van der Waals surface area contributed by atoms with Gasteiger partial charge in [-0.25, -0.2) is 9.67 Å². The van der Waals surface area contributed by atoms with E-state index in [0.717, 1.165) is 11.3 Å². The number of aldehydes is 1. The number of rotatable bonds is 13. The fraction of sp³-hybridized carbons (Fsp3) is 0.188. The van der Waals surface area contributed by atoms with Crippen molar-refractivity contribution in [2.75, 3.05) is 6.61 Å². The molecular weight excluding hydrogens is 538 g/mol. The van der Waals surface area contributed by atoms with Crippen LogP contribution in [-0.2, 0) is 24.4 Å². The molecule has 0 aliphatic heterocycles. The summed E-state index contributed by atoms with van der Waals surface area (Å²) in [6.45, 7) is 4.41. The number of nitrogens with zero attached hydrogens (tertiary/aromatic N) is 3. The average molecular weight is 568 g/mol. The first-order valence-corrected chi connectivity index (χ1v) is 13.3. The summed E-state index contributed by atoms with van der Waals surface area (Å²) in [7, 11) is 0. The number of aryl methyl sites for hydroxylation is 1. The molecule has 2 heterocycles. The summed E-state index contributed by atoms with van der Waals surface area (Å²) in [5, 5.41) is 13.5. The maximum absolute atomic E-state index is 11.6. The van der Waals surface area contributed by atoms with Crippen molar-refractivity contribution in [3.05, 3.63) is 107 Å². The predicted molar refractivity (Wildman–Crippen MR) is 153 cm³/mol. The highest BCUT2D eigenvalue weighted by molar-refractivity contribution is 5.78. The molecular formula is C32H29N3O7. The first kappa shape index (κ1) is 28.2. The number of carbonyl (C=O) groups excluding carboxylic acids is 1. The SMILES string of the molecule is CCOc1cc(COc2nn(-c3ccccc3)cc2C=O)ccc1OCc1nc(-c2cccc(CC(=O)O)c2)oc1C. The molecule has 42 heavy (non-hydrogen) atoms. The lowest BCUT2D eigenvalue weighted by Crippen LogP contribution is -2.03. The van der Waals surface area contributed by atoms with Crippen LogP contribution in [0.3, 0.4) is 0 Å². The van der Waals surface area contributed by atoms with Crippen molar-refractivity contribution in [2.24, 2.45) is 0 Å². The molecule has 214 valence electrons. The standard InChI is InChI=1S/C32H29N3O7/c1-3-39-29-15-23(19-41-32-25(18-36)17-35(34-32)26-10-5-4-6-11-26)12-13-28(29)40-20-27-21(2)42-31(33-27)24-9-7-8-22(14-24)16-30(37)38/h4-15,17-18H,3,16,19-20H2,1-2H3,(H,37,38). The average Bonchev–Trinajstić information content (AvgIpc) is 3.59. The summed E-state index contributed by atoms with van der Waals surface area (Å²) in [5.41, 5.74) is 3.92.